The van der Waals surface area contributed by atoms with Crippen LogP contribution in [-0.4, -0.2) is 46.0 Å². The Bertz CT molecular complexity index is 750. The molecule has 0 bridgehead atoms. The molecule has 1 aromatic carbocycles. The minimum absolute atomic E-state index is 0.0407. The monoisotopic (exact) mass is 373 g/mol. The van der Waals surface area contributed by atoms with Crippen molar-refractivity contribution in [1.82, 2.24) is 20.4 Å². The van der Waals surface area contributed by atoms with E-state index in [0.717, 1.165) is 26.1 Å². The van der Waals surface area contributed by atoms with Crippen LogP contribution in [0.2, 0.25) is 0 Å². The zero-order valence-electron chi connectivity index (χ0n) is 14.8. The lowest BCUT2D eigenvalue weighted by molar-refractivity contribution is -0.124. The number of amides is 2. The summed E-state index contributed by atoms with van der Waals surface area (Å²) >= 11 is 1.25. The van der Waals surface area contributed by atoms with E-state index in [-0.39, 0.29) is 30.7 Å². The summed E-state index contributed by atoms with van der Waals surface area (Å²) in [4.78, 5) is 26.2. The summed E-state index contributed by atoms with van der Waals surface area (Å²) in [5.74, 6) is -0.334. The molecule has 0 saturated carbocycles. The molecule has 2 aromatic rings. The fourth-order valence-corrected chi connectivity index (χ4v) is 3.59. The number of aromatic nitrogens is 2. The third-order valence-corrected chi connectivity index (χ3v) is 4.94. The van der Waals surface area contributed by atoms with Gasteiger partial charge in [0, 0.05) is 38.5 Å². The minimum Gasteiger partial charge on any atom is -0.352 e. The predicted molar refractivity (Wildman–Crippen MR) is 101 cm³/mol. The molecule has 1 aliphatic rings. The highest BCUT2D eigenvalue weighted by molar-refractivity contribution is 7.13. The van der Waals surface area contributed by atoms with Gasteiger partial charge >= 0.3 is 0 Å². The zero-order chi connectivity index (χ0) is 18.4. The van der Waals surface area contributed by atoms with Crippen LogP contribution in [0.4, 0.5) is 5.13 Å². The molecule has 26 heavy (non-hydrogen) atoms. The molecule has 1 aliphatic heterocycles. The van der Waals surface area contributed by atoms with Crippen LogP contribution in [0.3, 0.4) is 0 Å². The van der Waals surface area contributed by atoms with E-state index in [4.69, 9.17) is 0 Å². The molecule has 1 atom stereocenters. The Morgan fingerprint density at radius 3 is 2.77 bits per heavy atom. The van der Waals surface area contributed by atoms with E-state index in [9.17, 15) is 9.59 Å². The van der Waals surface area contributed by atoms with Crippen molar-refractivity contribution in [2.24, 2.45) is 0 Å². The molecule has 138 valence electrons. The van der Waals surface area contributed by atoms with Crippen molar-refractivity contribution in [3.63, 3.8) is 0 Å². The molecule has 0 radical (unpaired) electrons. The molecule has 0 spiro atoms. The number of nitrogens with zero attached hydrogens (tertiary/aromatic N) is 3. The molecule has 0 fully saturated rings. The third kappa shape index (κ3) is 5.34. The number of fused-ring (bicyclic) bond motifs is 1. The number of rotatable bonds is 7. The quantitative estimate of drug-likeness (QED) is 0.773. The third-order valence-electron chi connectivity index (χ3n) is 4.33. The Balaban J connectivity index is 1.37. The molecule has 1 unspecified atom stereocenters. The predicted octanol–water partition coefficient (Wildman–Crippen LogP) is 1.82. The zero-order valence-corrected chi connectivity index (χ0v) is 15.6. The number of carbonyl (C=O) groups excluding carboxylic acids is 2. The lowest BCUT2D eigenvalue weighted by atomic mass is 10.00. The highest BCUT2D eigenvalue weighted by atomic mass is 32.1. The molecule has 2 N–H and O–H groups in total. The molecular weight excluding hydrogens is 350 g/mol. The van der Waals surface area contributed by atoms with Crippen molar-refractivity contribution in [1.29, 1.82) is 0 Å². The van der Waals surface area contributed by atoms with Gasteiger partial charge in [-0.15, -0.1) is 10.2 Å². The van der Waals surface area contributed by atoms with Crippen molar-refractivity contribution < 1.29 is 9.59 Å². The Kier molecular flexibility index (Phi) is 6.30. The highest BCUT2D eigenvalue weighted by Gasteiger charge is 2.18. The molecule has 0 aliphatic carbocycles. The molecule has 2 heterocycles. The Morgan fingerprint density at radius 1 is 1.23 bits per heavy atom. The van der Waals surface area contributed by atoms with Crippen molar-refractivity contribution in [3.8, 4) is 0 Å². The number of hydrogen-bond donors (Lipinski definition) is 2. The summed E-state index contributed by atoms with van der Waals surface area (Å²) < 4.78 is 0. The van der Waals surface area contributed by atoms with E-state index in [1.165, 1.54) is 22.5 Å². The van der Waals surface area contributed by atoms with Gasteiger partial charge in [0.05, 0.1) is 0 Å². The smallest absolute Gasteiger partial charge is 0.226 e. The second-order valence-corrected chi connectivity index (χ2v) is 7.35. The van der Waals surface area contributed by atoms with Gasteiger partial charge in [0.15, 0.2) is 0 Å². The van der Waals surface area contributed by atoms with E-state index in [0.29, 0.717) is 5.13 Å². The summed E-state index contributed by atoms with van der Waals surface area (Å²) in [5.41, 5.74) is 4.33. The highest BCUT2D eigenvalue weighted by Crippen LogP contribution is 2.18. The maximum Gasteiger partial charge on any atom is 0.226 e. The van der Waals surface area contributed by atoms with Crippen molar-refractivity contribution in [3.05, 3.63) is 40.9 Å². The van der Waals surface area contributed by atoms with Crippen molar-refractivity contribution in [2.75, 3.05) is 18.4 Å². The number of carbonyl (C=O) groups is 2. The molecule has 3 rings (SSSR count). The van der Waals surface area contributed by atoms with Crippen molar-refractivity contribution in [2.45, 2.75) is 38.8 Å². The summed E-state index contributed by atoms with van der Waals surface area (Å²) in [7, 11) is 0. The van der Waals surface area contributed by atoms with Gasteiger partial charge in [-0.2, -0.15) is 0 Å². The first-order valence-electron chi connectivity index (χ1n) is 8.74. The maximum absolute atomic E-state index is 12.1. The Labute approximate surface area is 156 Å². The van der Waals surface area contributed by atoms with E-state index < -0.39 is 0 Å². The van der Waals surface area contributed by atoms with Crippen LogP contribution in [0.25, 0.3) is 0 Å². The second kappa shape index (κ2) is 8.86. The van der Waals surface area contributed by atoms with Crippen LogP contribution in [0.5, 0.6) is 0 Å². The van der Waals surface area contributed by atoms with Crippen LogP contribution in [0, 0.1) is 0 Å². The Morgan fingerprint density at radius 2 is 2.00 bits per heavy atom. The SMILES string of the molecule is CC(CN1CCc2ccccc2C1)NC(=O)CCC(=O)Nc1nncs1. The van der Waals surface area contributed by atoms with Crippen LogP contribution < -0.4 is 10.6 Å². The average molecular weight is 373 g/mol. The van der Waals surface area contributed by atoms with Gasteiger partial charge in [-0.1, -0.05) is 35.6 Å². The lowest BCUT2D eigenvalue weighted by Gasteiger charge is -2.31. The first-order valence-corrected chi connectivity index (χ1v) is 9.62. The number of anilines is 1. The molecule has 2 amide bonds. The number of benzene rings is 1. The summed E-state index contributed by atoms with van der Waals surface area (Å²) in [6.45, 7) is 4.72. The maximum atomic E-state index is 12.1. The average Bonchev–Trinajstić information content (AvgIpc) is 3.12. The van der Waals surface area contributed by atoms with Gasteiger partial charge in [-0.3, -0.25) is 14.5 Å². The summed E-state index contributed by atoms with van der Waals surface area (Å²) in [6, 6.07) is 8.55. The van der Waals surface area contributed by atoms with Gasteiger partial charge < -0.3 is 10.6 Å². The van der Waals surface area contributed by atoms with E-state index >= 15 is 0 Å². The molecule has 1 aromatic heterocycles. The first kappa shape index (κ1) is 18.5. The summed E-state index contributed by atoms with van der Waals surface area (Å²) in [6.07, 6.45) is 1.34. The Hall–Kier alpha value is -2.32. The van der Waals surface area contributed by atoms with Gasteiger partial charge in [0.2, 0.25) is 16.9 Å². The topological polar surface area (TPSA) is 87.2 Å². The first-order chi connectivity index (χ1) is 12.6. The van der Waals surface area contributed by atoms with E-state index in [1.807, 2.05) is 6.92 Å². The number of nitrogens with one attached hydrogen (secondary N) is 2. The van der Waals surface area contributed by atoms with Gasteiger partial charge in [-0.25, -0.2) is 0 Å². The van der Waals surface area contributed by atoms with Gasteiger partial charge in [0.1, 0.15) is 5.51 Å². The fraction of sp³-hybridized carbons (Fsp3) is 0.444. The van der Waals surface area contributed by atoms with Crippen molar-refractivity contribution >= 4 is 28.3 Å². The normalized spacial score (nSPS) is 15.1. The van der Waals surface area contributed by atoms with E-state index in [1.54, 1.807) is 5.51 Å². The minimum atomic E-state index is -0.225. The largest absolute Gasteiger partial charge is 0.352 e. The number of hydrogen-bond acceptors (Lipinski definition) is 6. The lowest BCUT2D eigenvalue weighted by Crippen LogP contribution is -2.43. The standard InChI is InChI=1S/C18H23N5O2S/c1-13(10-23-9-8-14-4-2-3-5-15(14)11-23)20-16(24)6-7-17(25)21-18-22-19-12-26-18/h2-5,12-13H,6-11H2,1H3,(H,20,24)(H,21,22,25). The second-order valence-electron chi connectivity index (χ2n) is 6.51. The summed E-state index contributed by atoms with van der Waals surface area (Å²) in [5, 5.41) is 13.4. The van der Waals surface area contributed by atoms with Gasteiger partial charge in [-0.05, 0) is 24.5 Å². The van der Waals surface area contributed by atoms with Gasteiger partial charge in [0.25, 0.3) is 0 Å². The molecule has 8 heteroatoms. The van der Waals surface area contributed by atoms with Crippen LogP contribution >= 0.6 is 11.3 Å². The molecule has 7 nitrogen and oxygen atoms in total. The molecule has 0 saturated heterocycles. The van der Waals surface area contributed by atoms with Crippen LogP contribution in [-0.2, 0) is 22.6 Å². The van der Waals surface area contributed by atoms with Crippen LogP contribution in [0.1, 0.15) is 30.9 Å². The van der Waals surface area contributed by atoms with Crippen LogP contribution in [0.15, 0.2) is 29.8 Å². The molecular formula is C18H23N5O2S. The van der Waals surface area contributed by atoms with E-state index in [2.05, 4.69) is 50.0 Å². The fourth-order valence-electron chi connectivity index (χ4n) is 3.13.